The van der Waals surface area contributed by atoms with Gasteiger partial charge in [-0.2, -0.15) is 0 Å². The Bertz CT molecular complexity index is 1270. The third kappa shape index (κ3) is 4.05. The van der Waals surface area contributed by atoms with Gasteiger partial charge in [0.1, 0.15) is 17.1 Å². The maximum Gasteiger partial charge on any atom is 0.295 e. The highest BCUT2D eigenvalue weighted by Crippen LogP contribution is 2.40. The van der Waals surface area contributed by atoms with Crippen molar-refractivity contribution in [3.05, 3.63) is 70.7 Å². The molecule has 0 aliphatic carbocycles. The van der Waals surface area contributed by atoms with Crippen molar-refractivity contribution >= 4 is 23.1 Å². The summed E-state index contributed by atoms with van der Waals surface area (Å²) in [4.78, 5) is 34.6. The van der Waals surface area contributed by atoms with Crippen LogP contribution in [0.2, 0.25) is 0 Å². The number of ether oxygens (including phenoxy) is 1. The maximum absolute atomic E-state index is 13.2. The number of benzene rings is 1. The molecule has 1 aliphatic rings. The molecule has 1 aromatic carbocycles. The predicted molar refractivity (Wildman–Crippen MR) is 130 cm³/mol. The van der Waals surface area contributed by atoms with Crippen LogP contribution in [0, 0.1) is 13.8 Å². The van der Waals surface area contributed by atoms with Crippen LogP contribution in [-0.2, 0) is 9.59 Å². The monoisotopic (exact) mass is 462 g/mol. The Morgan fingerprint density at radius 3 is 2.47 bits per heavy atom. The average Bonchev–Trinajstić information content (AvgIpc) is 3.29. The van der Waals surface area contributed by atoms with Crippen molar-refractivity contribution in [2.45, 2.75) is 26.3 Å². The smallest absolute Gasteiger partial charge is 0.295 e. The minimum absolute atomic E-state index is 0.0594. The van der Waals surface area contributed by atoms with E-state index in [-0.39, 0.29) is 11.3 Å². The van der Waals surface area contributed by atoms with Crippen molar-refractivity contribution in [2.24, 2.45) is 0 Å². The zero-order chi connectivity index (χ0) is 24.6. The van der Waals surface area contributed by atoms with E-state index in [1.54, 1.807) is 24.1 Å². The second-order valence-corrected chi connectivity index (χ2v) is 8.85. The maximum atomic E-state index is 13.2. The third-order valence-electron chi connectivity index (χ3n) is 6.28. The van der Waals surface area contributed by atoms with Gasteiger partial charge in [-0.05, 0) is 70.2 Å². The van der Waals surface area contributed by atoms with Crippen molar-refractivity contribution < 1.29 is 19.4 Å². The number of aryl methyl sites for hydroxylation is 2. The number of methoxy groups -OCH3 is 1. The predicted octanol–water partition coefficient (Wildman–Crippen LogP) is 3.33. The summed E-state index contributed by atoms with van der Waals surface area (Å²) >= 11 is 0. The Morgan fingerprint density at radius 1 is 1.15 bits per heavy atom. The summed E-state index contributed by atoms with van der Waals surface area (Å²) < 4.78 is 7.14. The SMILES string of the molecule is COc1ccc(C2C(=C(O)c3nc4c(C)cccn4c3C)C(=O)C(=O)N2CCCN(C)C)cc1. The molecule has 1 unspecified atom stereocenters. The summed E-state index contributed by atoms with van der Waals surface area (Å²) in [7, 11) is 5.50. The van der Waals surface area contributed by atoms with Gasteiger partial charge in [-0.15, -0.1) is 0 Å². The third-order valence-corrected chi connectivity index (χ3v) is 6.28. The summed E-state index contributed by atoms with van der Waals surface area (Å²) in [5.74, 6) is -0.898. The molecule has 1 amide bonds. The Kier molecular flexibility index (Phi) is 6.43. The lowest BCUT2D eigenvalue weighted by Gasteiger charge is -2.26. The van der Waals surface area contributed by atoms with E-state index in [2.05, 4.69) is 4.98 Å². The van der Waals surface area contributed by atoms with Crippen LogP contribution < -0.4 is 4.74 Å². The van der Waals surface area contributed by atoms with Crippen LogP contribution in [0.4, 0.5) is 0 Å². The number of Topliss-reactive ketones (excluding diaryl/α,β-unsaturated/α-hetero) is 1. The van der Waals surface area contributed by atoms with E-state index in [1.165, 1.54) is 0 Å². The Hall–Kier alpha value is -3.65. The molecule has 1 fully saturated rings. The molecule has 8 nitrogen and oxygen atoms in total. The standard InChI is InChI=1S/C26H30N4O4/c1-16-8-6-14-29-17(2)21(27-25(16)29)23(31)20-22(18-9-11-19(34-5)12-10-18)30(26(33)24(20)32)15-7-13-28(3)4/h6,8-12,14,22,31H,7,13,15H2,1-5H3. The molecule has 0 bridgehead atoms. The van der Waals surface area contributed by atoms with Crippen molar-refractivity contribution in [2.75, 3.05) is 34.3 Å². The zero-order valence-electron chi connectivity index (χ0n) is 20.2. The average molecular weight is 463 g/mol. The van der Waals surface area contributed by atoms with Crippen LogP contribution in [-0.4, -0.2) is 70.3 Å². The molecule has 0 spiro atoms. The van der Waals surface area contributed by atoms with Crippen LogP contribution in [0.1, 0.15) is 35.0 Å². The topological polar surface area (TPSA) is 87.4 Å². The number of aliphatic hydroxyl groups is 1. The molecule has 3 aromatic rings. The molecule has 1 N–H and O–H groups in total. The fourth-order valence-corrected chi connectivity index (χ4v) is 4.47. The first-order valence-electron chi connectivity index (χ1n) is 11.3. The van der Waals surface area contributed by atoms with E-state index in [1.807, 2.05) is 67.7 Å². The fourth-order valence-electron chi connectivity index (χ4n) is 4.47. The molecule has 8 heteroatoms. The number of pyridine rings is 1. The first-order valence-corrected chi connectivity index (χ1v) is 11.3. The van der Waals surface area contributed by atoms with Gasteiger partial charge in [0.05, 0.1) is 24.4 Å². The first-order chi connectivity index (χ1) is 16.2. The number of likely N-dealkylation sites (tertiary alicyclic amines) is 1. The molecule has 3 heterocycles. The number of fused-ring (bicyclic) bond motifs is 1. The second-order valence-electron chi connectivity index (χ2n) is 8.85. The van der Waals surface area contributed by atoms with Crippen molar-refractivity contribution in [1.82, 2.24) is 19.2 Å². The number of aromatic nitrogens is 2. The fraction of sp³-hybridized carbons (Fsp3) is 0.346. The number of rotatable bonds is 7. The first kappa shape index (κ1) is 23.5. The number of imidazole rings is 1. The molecule has 0 radical (unpaired) electrons. The molecule has 2 aromatic heterocycles. The van der Waals surface area contributed by atoms with E-state index in [0.29, 0.717) is 35.8 Å². The number of aliphatic hydroxyl groups excluding tert-OH is 1. The lowest BCUT2D eigenvalue weighted by molar-refractivity contribution is -0.139. The molecule has 1 aliphatic heterocycles. The number of nitrogens with zero attached hydrogens (tertiary/aromatic N) is 4. The van der Waals surface area contributed by atoms with Gasteiger partial charge in [-0.1, -0.05) is 18.2 Å². The van der Waals surface area contributed by atoms with Gasteiger partial charge in [0.15, 0.2) is 5.76 Å². The summed E-state index contributed by atoms with van der Waals surface area (Å²) in [6.07, 6.45) is 2.56. The highest BCUT2D eigenvalue weighted by molar-refractivity contribution is 6.46. The number of hydrogen-bond donors (Lipinski definition) is 1. The summed E-state index contributed by atoms with van der Waals surface area (Å²) in [6, 6.07) is 10.3. The van der Waals surface area contributed by atoms with Crippen LogP contribution in [0.15, 0.2) is 48.2 Å². The Morgan fingerprint density at radius 2 is 1.85 bits per heavy atom. The molecule has 4 rings (SSSR count). The van der Waals surface area contributed by atoms with Gasteiger partial charge in [0.25, 0.3) is 11.7 Å². The largest absolute Gasteiger partial charge is 0.505 e. The van der Waals surface area contributed by atoms with Gasteiger partial charge in [-0.3, -0.25) is 9.59 Å². The molecule has 0 saturated carbocycles. The number of carbonyl (C=O) groups is 2. The van der Waals surface area contributed by atoms with Gasteiger partial charge in [0.2, 0.25) is 0 Å². The van der Waals surface area contributed by atoms with Gasteiger partial charge >= 0.3 is 0 Å². The lowest BCUT2D eigenvalue weighted by Crippen LogP contribution is -2.32. The van der Waals surface area contributed by atoms with E-state index in [9.17, 15) is 14.7 Å². The van der Waals surface area contributed by atoms with Crippen molar-refractivity contribution in [1.29, 1.82) is 0 Å². The summed E-state index contributed by atoms with van der Waals surface area (Å²) in [5.41, 5.74) is 3.43. The molecule has 34 heavy (non-hydrogen) atoms. The normalized spacial score (nSPS) is 17.8. The van der Waals surface area contributed by atoms with Crippen LogP contribution in [0.3, 0.4) is 0 Å². The van der Waals surface area contributed by atoms with Gasteiger partial charge < -0.3 is 24.0 Å². The van der Waals surface area contributed by atoms with E-state index in [0.717, 1.165) is 17.7 Å². The minimum atomic E-state index is -0.710. The summed E-state index contributed by atoms with van der Waals surface area (Å²) in [6.45, 7) is 4.93. The number of ketones is 1. The Balaban J connectivity index is 1.86. The van der Waals surface area contributed by atoms with Gasteiger partial charge in [-0.25, -0.2) is 4.98 Å². The second kappa shape index (κ2) is 9.30. The highest BCUT2D eigenvalue weighted by Gasteiger charge is 2.46. The number of amides is 1. The minimum Gasteiger partial charge on any atom is -0.505 e. The molecule has 1 saturated heterocycles. The number of carbonyl (C=O) groups excluding carboxylic acids is 2. The molecule has 1 atom stereocenters. The molecule has 178 valence electrons. The molecular formula is C26H30N4O4. The van der Waals surface area contributed by atoms with Crippen LogP contribution in [0.25, 0.3) is 11.4 Å². The van der Waals surface area contributed by atoms with E-state index >= 15 is 0 Å². The highest BCUT2D eigenvalue weighted by atomic mass is 16.5. The Labute approximate surface area is 199 Å². The van der Waals surface area contributed by atoms with E-state index < -0.39 is 17.7 Å². The van der Waals surface area contributed by atoms with Crippen LogP contribution in [0.5, 0.6) is 5.75 Å². The zero-order valence-corrected chi connectivity index (χ0v) is 20.2. The van der Waals surface area contributed by atoms with Crippen molar-refractivity contribution in [3.8, 4) is 5.75 Å². The summed E-state index contributed by atoms with van der Waals surface area (Å²) in [5, 5.41) is 11.4. The van der Waals surface area contributed by atoms with E-state index in [4.69, 9.17) is 4.74 Å². The quantitative estimate of drug-likeness (QED) is 0.329. The van der Waals surface area contributed by atoms with Crippen LogP contribution >= 0.6 is 0 Å². The lowest BCUT2D eigenvalue weighted by atomic mass is 9.96. The van der Waals surface area contributed by atoms with Gasteiger partial charge in [0, 0.05) is 12.7 Å². The van der Waals surface area contributed by atoms with Crippen molar-refractivity contribution in [3.63, 3.8) is 0 Å². The number of hydrogen-bond acceptors (Lipinski definition) is 6. The molecular weight excluding hydrogens is 432 g/mol.